The third-order valence-corrected chi connectivity index (χ3v) is 2.56. The molecule has 0 saturated heterocycles. The number of hydrogen-bond acceptors (Lipinski definition) is 2. The predicted octanol–water partition coefficient (Wildman–Crippen LogP) is 4.05. The second kappa shape index (κ2) is 6.13. The molecular formula is C12H18BrNO. The van der Waals surface area contributed by atoms with Crippen molar-refractivity contribution in [2.75, 3.05) is 6.54 Å². The molecule has 0 aromatic carbocycles. The maximum atomic E-state index is 5.56. The van der Waals surface area contributed by atoms with Crippen molar-refractivity contribution in [3.63, 3.8) is 0 Å². The highest BCUT2D eigenvalue weighted by atomic mass is 79.9. The smallest absolute Gasteiger partial charge is 0.169 e. The van der Waals surface area contributed by atoms with E-state index in [-0.39, 0.29) is 6.04 Å². The van der Waals surface area contributed by atoms with Crippen LogP contribution in [0.15, 0.2) is 33.4 Å². The molecule has 1 aromatic rings. The van der Waals surface area contributed by atoms with E-state index in [4.69, 9.17) is 4.42 Å². The summed E-state index contributed by atoms with van der Waals surface area (Å²) >= 11 is 3.32. The van der Waals surface area contributed by atoms with Crippen molar-refractivity contribution in [1.82, 2.24) is 5.32 Å². The summed E-state index contributed by atoms with van der Waals surface area (Å²) in [5.41, 5.74) is 1.16. The second-order valence-electron chi connectivity index (χ2n) is 3.81. The van der Waals surface area contributed by atoms with Gasteiger partial charge in [0.2, 0.25) is 0 Å². The average Bonchev–Trinajstić information content (AvgIpc) is 2.58. The van der Waals surface area contributed by atoms with Crippen molar-refractivity contribution < 1.29 is 4.42 Å². The molecule has 1 heterocycles. The van der Waals surface area contributed by atoms with Crippen LogP contribution in [0.25, 0.3) is 0 Å². The monoisotopic (exact) mass is 271 g/mol. The lowest BCUT2D eigenvalue weighted by molar-refractivity contribution is 0.399. The predicted molar refractivity (Wildman–Crippen MR) is 66.9 cm³/mol. The van der Waals surface area contributed by atoms with Crippen LogP contribution in [-0.2, 0) is 0 Å². The number of nitrogens with one attached hydrogen (secondary N) is 1. The van der Waals surface area contributed by atoms with Crippen molar-refractivity contribution in [3.05, 3.63) is 34.7 Å². The van der Waals surface area contributed by atoms with Gasteiger partial charge in [-0.3, -0.25) is 0 Å². The van der Waals surface area contributed by atoms with Gasteiger partial charge in [0.25, 0.3) is 0 Å². The summed E-state index contributed by atoms with van der Waals surface area (Å²) in [5, 5.41) is 3.45. The van der Waals surface area contributed by atoms with Gasteiger partial charge in [0.15, 0.2) is 4.67 Å². The van der Waals surface area contributed by atoms with Crippen LogP contribution in [-0.4, -0.2) is 6.54 Å². The van der Waals surface area contributed by atoms with E-state index in [0.29, 0.717) is 0 Å². The van der Waals surface area contributed by atoms with Crippen molar-refractivity contribution in [2.24, 2.45) is 0 Å². The molecule has 84 valence electrons. The lowest BCUT2D eigenvalue weighted by atomic mass is 10.1. The molecule has 0 radical (unpaired) electrons. The molecule has 1 unspecified atom stereocenters. The molecule has 0 saturated carbocycles. The van der Waals surface area contributed by atoms with Gasteiger partial charge >= 0.3 is 0 Å². The number of rotatable bonds is 6. The first-order valence-corrected chi connectivity index (χ1v) is 6.05. The average molecular weight is 272 g/mol. The molecule has 0 bridgehead atoms. The molecule has 0 fully saturated rings. The quantitative estimate of drug-likeness (QED) is 0.790. The first-order chi connectivity index (χ1) is 7.13. The third kappa shape index (κ3) is 4.22. The van der Waals surface area contributed by atoms with Gasteiger partial charge in [0.05, 0.1) is 6.04 Å². The Labute approximate surface area is 99.9 Å². The summed E-state index contributed by atoms with van der Waals surface area (Å²) in [7, 11) is 0. The van der Waals surface area contributed by atoms with Gasteiger partial charge in [-0.15, -0.1) is 6.58 Å². The minimum absolute atomic E-state index is 0.244. The van der Waals surface area contributed by atoms with Crippen molar-refractivity contribution in [1.29, 1.82) is 0 Å². The first-order valence-electron chi connectivity index (χ1n) is 5.26. The first kappa shape index (κ1) is 12.5. The minimum atomic E-state index is 0.244. The SMILES string of the molecule is C=C(C)CC(NCCC)c1ccc(Br)o1. The van der Waals surface area contributed by atoms with Gasteiger partial charge in [-0.05, 0) is 54.4 Å². The van der Waals surface area contributed by atoms with Crippen LogP contribution in [0.4, 0.5) is 0 Å². The fourth-order valence-electron chi connectivity index (χ4n) is 1.46. The van der Waals surface area contributed by atoms with Crippen molar-refractivity contribution in [3.8, 4) is 0 Å². The van der Waals surface area contributed by atoms with Crippen molar-refractivity contribution >= 4 is 15.9 Å². The zero-order valence-electron chi connectivity index (χ0n) is 9.35. The zero-order valence-corrected chi connectivity index (χ0v) is 10.9. The fraction of sp³-hybridized carbons (Fsp3) is 0.500. The molecule has 1 N–H and O–H groups in total. The number of hydrogen-bond donors (Lipinski definition) is 1. The van der Waals surface area contributed by atoms with Gasteiger partial charge in [-0.25, -0.2) is 0 Å². The Bertz CT molecular complexity index is 319. The van der Waals surface area contributed by atoms with Crippen LogP contribution >= 0.6 is 15.9 Å². The summed E-state index contributed by atoms with van der Waals surface area (Å²) in [4.78, 5) is 0. The molecule has 1 rings (SSSR count). The van der Waals surface area contributed by atoms with Gasteiger partial charge < -0.3 is 9.73 Å². The van der Waals surface area contributed by atoms with Crippen LogP contribution in [0.2, 0.25) is 0 Å². The summed E-state index contributed by atoms with van der Waals surface area (Å²) in [6.07, 6.45) is 2.04. The Morgan fingerprint density at radius 2 is 2.33 bits per heavy atom. The zero-order chi connectivity index (χ0) is 11.3. The molecule has 1 aromatic heterocycles. The minimum Gasteiger partial charge on any atom is -0.453 e. The van der Waals surface area contributed by atoms with Crippen LogP contribution in [0, 0.1) is 0 Å². The molecule has 0 aliphatic rings. The second-order valence-corrected chi connectivity index (χ2v) is 4.59. The highest BCUT2D eigenvalue weighted by Crippen LogP contribution is 2.24. The van der Waals surface area contributed by atoms with E-state index in [2.05, 4.69) is 34.7 Å². The molecule has 0 aliphatic heterocycles. The molecular weight excluding hydrogens is 254 g/mol. The van der Waals surface area contributed by atoms with Crippen LogP contribution in [0.3, 0.4) is 0 Å². The lowest BCUT2D eigenvalue weighted by Crippen LogP contribution is -2.21. The molecule has 1 atom stereocenters. The Morgan fingerprint density at radius 1 is 1.60 bits per heavy atom. The molecule has 0 spiro atoms. The topological polar surface area (TPSA) is 25.2 Å². The van der Waals surface area contributed by atoms with Gasteiger partial charge in [0, 0.05) is 0 Å². The molecule has 0 aliphatic carbocycles. The van der Waals surface area contributed by atoms with Crippen LogP contribution < -0.4 is 5.32 Å². The van der Waals surface area contributed by atoms with E-state index >= 15 is 0 Å². The summed E-state index contributed by atoms with van der Waals surface area (Å²) in [6.45, 7) is 9.13. The van der Waals surface area contributed by atoms with E-state index in [9.17, 15) is 0 Å². The van der Waals surface area contributed by atoms with E-state index in [1.54, 1.807) is 0 Å². The van der Waals surface area contributed by atoms with Crippen LogP contribution in [0.5, 0.6) is 0 Å². The summed E-state index contributed by atoms with van der Waals surface area (Å²) in [5.74, 6) is 0.971. The summed E-state index contributed by atoms with van der Waals surface area (Å²) < 4.78 is 6.34. The Hall–Kier alpha value is -0.540. The highest BCUT2D eigenvalue weighted by Gasteiger charge is 2.14. The lowest BCUT2D eigenvalue weighted by Gasteiger charge is -2.15. The maximum absolute atomic E-state index is 5.56. The van der Waals surface area contributed by atoms with E-state index in [1.165, 1.54) is 0 Å². The summed E-state index contributed by atoms with van der Waals surface area (Å²) in [6, 6.07) is 4.17. The molecule has 15 heavy (non-hydrogen) atoms. The van der Waals surface area contributed by atoms with E-state index in [1.807, 2.05) is 19.1 Å². The molecule has 0 amide bonds. The third-order valence-electron chi connectivity index (χ3n) is 2.13. The van der Waals surface area contributed by atoms with Gasteiger partial charge in [-0.1, -0.05) is 12.5 Å². The normalized spacial score (nSPS) is 12.7. The standard InChI is InChI=1S/C12H18BrNO/c1-4-7-14-10(8-9(2)3)11-5-6-12(13)15-11/h5-6,10,14H,2,4,7-8H2,1,3H3. The fourth-order valence-corrected chi connectivity index (χ4v) is 1.78. The largest absolute Gasteiger partial charge is 0.453 e. The van der Waals surface area contributed by atoms with E-state index in [0.717, 1.165) is 35.4 Å². The van der Waals surface area contributed by atoms with Crippen molar-refractivity contribution in [2.45, 2.75) is 32.7 Å². The number of furan rings is 1. The van der Waals surface area contributed by atoms with Gasteiger partial charge in [0.1, 0.15) is 5.76 Å². The Kier molecular flexibility index (Phi) is 5.12. The van der Waals surface area contributed by atoms with Gasteiger partial charge in [-0.2, -0.15) is 0 Å². The Balaban J connectivity index is 2.66. The highest BCUT2D eigenvalue weighted by molar-refractivity contribution is 9.10. The number of halogens is 1. The molecule has 3 heteroatoms. The Morgan fingerprint density at radius 3 is 2.80 bits per heavy atom. The maximum Gasteiger partial charge on any atom is 0.169 e. The van der Waals surface area contributed by atoms with E-state index < -0.39 is 0 Å². The van der Waals surface area contributed by atoms with Crippen LogP contribution in [0.1, 0.15) is 38.5 Å². The molecule has 2 nitrogen and oxygen atoms in total.